The van der Waals surface area contributed by atoms with Crippen LogP contribution in [0.3, 0.4) is 0 Å². The van der Waals surface area contributed by atoms with Crippen molar-refractivity contribution in [2.45, 2.75) is 25.7 Å². The third kappa shape index (κ3) is 2.78. The van der Waals surface area contributed by atoms with Gasteiger partial charge in [-0.15, -0.1) is 0 Å². The van der Waals surface area contributed by atoms with E-state index in [2.05, 4.69) is 28.1 Å². The number of hydrogen-bond acceptors (Lipinski definition) is 2. The minimum atomic E-state index is 0.628. The molecule has 2 aromatic carbocycles. The van der Waals surface area contributed by atoms with E-state index in [1.54, 1.807) is 6.07 Å². The molecule has 0 radical (unpaired) electrons. The number of aryl methyl sites for hydroxylation is 2. The SMILES string of the molecule is O=Cc1ccc(Oc2ccc3c(c2)CCCC3)cc1Br. The summed E-state index contributed by atoms with van der Waals surface area (Å²) in [7, 11) is 0. The number of benzene rings is 2. The third-order valence-corrected chi connectivity index (χ3v) is 4.34. The summed E-state index contributed by atoms with van der Waals surface area (Å²) >= 11 is 3.37. The first-order valence-corrected chi connectivity index (χ1v) is 7.60. The van der Waals surface area contributed by atoms with Gasteiger partial charge >= 0.3 is 0 Å². The average Bonchev–Trinajstić information content (AvgIpc) is 2.47. The Balaban J connectivity index is 1.84. The first kappa shape index (κ1) is 13.4. The van der Waals surface area contributed by atoms with Gasteiger partial charge in [-0.2, -0.15) is 0 Å². The Labute approximate surface area is 126 Å². The van der Waals surface area contributed by atoms with Crippen molar-refractivity contribution in [2.24, 2.45) is 0 Å². The topological polar surface area (TPSA) is 26.3 Å². The van der Waals surface area contributed by atoms with Crippen LogP contribution in [0, 0.1) is 0 Å². The molecule has 0 N–H and O–H groups in total. The number of halogens is 1. The summed E-state index contributed by atoms with van der Waals surface area (Å²) in [6.07, 6.45) is 5.69. The fourth-order valence-corrected chi connectivity index (χ4v) is 3.03. The lowest BCUT2D eigenvalue weighted by atomic mass is 9.92. The van der Waals surface area contributed by atoms with Crippen LogP contribution in [-0.2, 0) is 12.8 Å². The zero-order valence-corrected chi connectivity index (χ0v) is 12.7. The van der Waals surface area contributed by atoms with E-state index in [-0.39, 0.29) is 0 Å². The lowest BCUT2D eigenvalue weighted by molar-refractivity contribution is 0.112. The summed E-state index contributed by atoms with van der Waals surface area (Å²) in [5, 5.41) is 0. The molecule has 20 heavy (non-hydrogen) atoms. The van der Waals surface area contributed by atoms with E-state index in [1.807, 2.05) is 18.2 Å². The van der Waals surface area contributed by atoms with Crippen molar-refractivity contribution in [3.05, 3.63) is 57.6 Å². The quantitative estimate of drug-likeness (QED) is 0.745. The standard InChI is InChI=1S/C17H15BrO2/c18-17-10-16(8-6-14(17)11-19)20-15-7-5-12-3-1-2-4-13(12)9-15/h5-11H,1-4H2. The fraction of sp³-hybridized carbons (Fsp3) is 0.235. The van der Waals surface area contributed by atoms with E-state index in [0.29, 0.717) is 5.56 Å². The van der Waals surface area contributed by atoms with Crippen molar-refractivity contribution in [3.63, 3.8) is 0 Å². The molecule has 3 heteroatoms. The molecule has 0 amide bonds. The summed E-state index contributed by atoms with van der Waals surface area (Å²) < 4.78 is 6.63. The van der Waals surface area contributed by atoms with Crippen molar-refractivity contribution in [1.82, 2.24) is 0 Å². The highest BCUT2D eigenvalue weighted by Crippen LogP contribution is 2.30. The first-order chi connectivity index (χ1) is 9.76. The van der Waals surface area contributed by atoms with Gasteiger partial charge in [-0.05, 0) is 83.1 Å². The minimum absolute atomic E-state index is 0.628. The zero-order chi connectivity index (χ0) is 13.9. The van der Waals surface area contributed by atoms with E-state index in [0.717, 1.165) is 28.7 Å². The maximum atomic E-state index is 10.8. The number of carbonyl (C=O) groups excluding carboxylic acids is 1. The second-order valence-corrected chi connectivity index (χ2v) is 5.90. The van der Waals surface area contributed by atoms with Crippen molar-refractivity contribution in [1.29, 1.82) is 0 Å². The van der Waals surface area contributed by atoms with E-state index >= 15 is 0 Å². The van der Waals surface area contributed by atoms with Crippen molar-refractivity contribution >= 4 is 22.2 Å². The minimum Gasteiger partial charge on any atom is -0.457 e. The van der Waals surface area contributed by atoms with Crippen LogP contribution in [0.15, 0.2) is 40.9 Å². The molecule has 0 unspecified atom stereocenters. The number of aldehydes is 1. The molecule has 0 aromatic heterocycles. The third-order valence-electron chi connectivity index (χ3n) is 3.65. The Kier molecular flexibility index (Phi) is 3.88. The Bertz CT molecular complexity index is 649. The molecular weight excluding hydrogens is 316 g/mol. The Morgan fingerprint density at radius 1 is 0.950 bits per heavy atom. The number of carbonyl (C=O) groups is 1. The van der Waals surface area contributed by atoms with Gasteiger partial charge in [-0.3, -0.25) is 4.79 Å². The van der Waals surface area contributed by atoms with Crippen LogP contribution in [0.5, 0.6) is 11.5 Å². The molecule has 0 aliphatic heterocycles. The number of ether oxygens (including phenoxy) is 1. The molecule has 1 aliphatic rings. The molecule has 1 aliphatic carbocycles. The number of rotatable bonds is 3. The van der Waals surface area contributed by atoms with E-state index in [9.17, 15) is 4.79 Å². The van der Waals surface area contributed by atoms with Gasteiger partial charge in [0, 0.05) is 10.0 Å². The van der Waals surface area contributed by atoms with Gasteiger partial charge in [-0.25, -0.2) is 0 Å². The van der Waals surface area contributed by atoms with Crippen LogP contribution in [0.4, 0.5) is 0 Å². The van der Waals surface area contributed by atoms with E-state index in [1.165, 1.54) is 30.4 Å². The second-order valence-electron chi connectivity index (χ2n) is 5.04. The molecule has 0 heterocycles. The monoisotopic (exact) mass is 330 g/mol. The maximum Gasteiger partial charge on any atom is 0.151 e. The maximum absolute atomic E-state index is 10.8. The van der Waals surface area contributed by atoms with Gasteiger partial charge in [0.1, 0.15) is 11.5 Å². The number of fused-ring (bicyclic) bond motifs is 1. The Hall–Kier alpha value is -1.61. The molecule has 0 saturated heterocycles. The lowest BCUT2D eigenvalue weighted by Gasteiger charge is -2.16. The molecule has 0 saturated carbocycles. The predicted molar refractivity (Wildman–Crippen MR) is 82.7 cm³/mol. The van der Waals surface area contributed by atoms with Crippen LogP contribution >= 0.6 is 15.9 Å². The van der Waals surface area contributed by atoms with Crippen molar-refractivity contribution in [3.8, 4) is 11.5 Å². The molecule has 0 atom stereocenters. The summed E-state index contributed by atoms with van der Waals surface area (Å²) in [4.78, 5) is 10.8. The van der Waals surface area contributed by atoms with Crippen molar-refractivity contribution < 1.29 is 9.53 Å². The fourth-order valence-electron chi connectivity index (χ4n) is 2.58. The molecule has 0 spiro atoms. The summed E-state index contributed by atoms with van der Waals surface area (Å²) in [5.74, 6) is 1.59. The molecule has 0 bridgehead atoms. The summed E-state index contributed by atoms with van der Waals surface area (Å²) in [6, 6.07) is 11.7. The Morgan fingerprint density at radius 2 is 1.65 bits per heavy atom. The van der Waals surface area contributed by atoms with Crippen molar-refractivity contribution in [2.75, 3.05) is 0 Å². The summed E-state index contributed by atoms with van der Waals surface area (Å²) in [5.41, 5.74) is 3.47. The Morgan fingerprint density at radius 3 is 2.40 bits per heavy atom. The second kappa shape index (κ2) is 5.80. The zero-order valence-electron chi connectivity index (χ0n) is 11.1. The molecule has 102 valence electrons. The highest BCUT2D eigenvalue weighted by Gasteiger charge is 2.10. The highest BCUT2D eigenvalue weighted by molar-refractivity contribution is 9.10. The van der Waals surface area contributed by atoms with Gasteiger partial charge in [0.15, 0.2) is 6.29 Å². The van der Waals surface area contributed by atoms with E-state index in [4.69, 9.17) is 4.74 Å². The average molecular weight is 331 g/mol. The van der Waals surface area contributed by atoms with Gasteiger partial charge in [-0.1, -0.05) is 6.07 Å². The van der Waals surface area contributed by atoms with Crippen LogP contribution in [-0.4, -0.2) is 6.29 Å². The van der Waals surface area contributed by atoms with Crippen LogP contribution < -0.4 is 4.74 Å². The van der Waals surface area contributed by atoms with E-state index < -0.39 is 0 Å². The molecule has 2 nitrogen and oxygen atoms in total. The van der Waals surface area contributed by atoms with Gasteiger partial charge in [0.05, 0.1) is 0 Å². The van der Waals surface area contributed by atoms with Gasteiger partial charge in [0.25, 0.3) is 0 Å². The molecule has 0 fully saturated rings. The molecule has 2 aromatic rings. The number of hydrogen-bond donors (Lipinski definition) is 0. The van der Waals surface area contributed by atoms with Gasteiger partial charge < -0.3 is 4.74 Å². The van der Waals surface area contributed by atoms with Gasteiger partial charge in [0.2, 0.25) is 0 Å². The first-order valence-electron chi connectivity index (χ1n) is 6.80. The van der Waals surface area contributed by atoms with Crippen LogP contribution in [0.2, 0.25) is 0 Å². The molecular formula is C17H15BrO2. The highest BCUT2D eigenvalue weighted by atomic mass is 79.9. The predicted octanol–water partition coefficient (Wildman–Crippen LogP) is 4.93. The largest absolute Gasteiger partial charge is 0.457 e. The van der Waals surface area contributed by atoms with Crippen LogP contribution in [0.25, 0.3) is 0 Å². The normalized spacial score (nSPS) is 13.7. The summed E-state index contributed by atoms with van der Waals surface area (Å²) in [6.45, 7) is 0. The lowest BCUT2D eigenvalue weighted by Crippen LogP contribution is -2.02. The van der Waals surface area contributed by atoms with Crippen LogP contribution in [0.1, 0.15) is 34.3 Å². The molecule has 3 rings (SSSR count). The smallest absolute Gasteiger partial charge is 0.151 e.